The van der Waals surface area contributed by atoms with Crippen molar-refractivity contribution in [3.8, 4) is 0 Å². The van der Waals surface area contributed by atoms with Crippen LogP contribution in [-0.4, -0.2) is 11.8 Å². The molecule has 0 aliphatic heterocycles. The summed E-state index contributed by atoms with van der Waals surface area (Å²) in [4.78, 5) is 24.8. The molecule has 0 aromatic heterocycles. The van der Waals surface area contributed by atoms with Crippen LogP contribution in [0.3, 0.4) is 0 Å². The van der Waals surface area contributed by atoms with Crippen LogP contribution in [-0.2, 0) is 15.0 Å². The number of carbonyl (C=O) groups is 2. The van der Waals surface area contributed by atoms with Gasteiger partial charge < -0.3 is 10.6 Å². The first-order valence-corrected chi connectivity index (χ1v) is 9.44. The topological polar surface area (TPSA) is 58.2 Å². The second kappa shape index (κ2) is 7.18. The van der Waals surface area contributed by atoms with E-state index in [1.165, 1.54) is 11.1 Å². The summed E-state index contributed by atoms with van der Waals surface area (Å²) < 4.78 is 0. The largest absolute Gasteiger partial charge is 0.326 e. The van der Waals surface area contributed by atoms with Gasteiger partial charge in [0.15, 0.2) is 0 Å². The highest BCUT2D eigenvalue weighted by Crippen LogP contribution is 2.40. The molecule has 4 heteroatoms. The van der Waals surface area contributed by atoms with Crippen LogP contribution in [0, 0.1) is 25.7 Å². The molecule has 0 spiro atoms. The molecule has 1 fully saturated rings. The number of nitrogens with one attached hydrogen (secondary N) is 2. The Balaban J connectivity index is 1.55. The van der Waals surface area contributed by atoms with Crippen LogP contribution >= 0.6 is 0 Å². The van der Waals surface area contributed by atoms with E-state index in [2.05, 4.69) is 31.4 Å². The van der Waals surface area contributed by atoms with E-state index in [1.807, 2.05) is 56.3 Å². The van der Waals surface area contributed by atoms with Gasteiger partial charge in [0.2, 0.25) is 11.8 Å². The molecular weight excluding hydrogens is 336 g/mol. The number of amides is 2. The summed E-state index contributed by atoms with van der Waals surface area (Å²) in [6.45, 7) is 10.5. The third-order valence-electron chi connectivity index (χ3n) is 5.26. The second-order valence-corrected chi connectivity index (χ2v) is 8.55. The van der Waals surface area contributed by atoms with Crippen LogP contribution in [0.15, 0.2) is 42.5 Å². The molecule has 0 bridgehead atoms. The Bertz CT molecular complexity index is 863. The van der Waals surface area contributed by atoms with E-state index < -0.39 is 0 Å². The zero-order chi connectivity index (χ0) is 19.8. The van der Waals surface area contributed by atoms with Gasteiger partial charge in [0.25, 0.3) is 0 Å². The standard InChI is InChI=1S/C23H28N2O2/c1-14-6-9-18(12-15(14)2)25-22(27)20-13-19(20)21(26)24-17-10-7-16(8-11-17)23(3,4)5/h6-12,19-20H,13H2,1-5H3,(H,24,26)(H,25,27). The van der Waals surface area contributed by atoms with Crippen molar-refractivity contribution in [3.63, 3.8) is 0 Å². The minimum absolute atomic E-state index is 0.0799. The van der Waals surface area contributed by atoms with Crippen molar-refractivity contribution in [1.82, 2.24) is 0 Å². The fourth-order valence-electron chi connectivity index (χ4n) is 3.12. The Labute approximate surface area is 161 Å². The van der Waals surface area contributed by atoms with Gasteiger partial charge in [-0.15, -0.1) is 0 Å². The molecular formula is C23H28N2O2. The molecule has 1 saturated carbocycles. The van der Waals surface area contributed by atoms with Crippen molar-refractivity contribution in [2.75, 3.05) is 10.6 Å². The molecule has 0 saturated heterocycles. The lowest BCUT2D eigenvalue weighted by Gasteiger charge is -2.19. The van der Waals surface area contributed by atoms with Gasteiger partial charge in [0.1, 0.15) is 0 Å². The lowest BCUT2D eigenvalue weighted by Crippen LogP contribution is -2.20. The highest BCUT2D eigenvalue weighted by atomic mass is 16.2. The van der Waals surface area contributed by atoms with Gasteiger partial charge in [-0.25, -0.2) is 0 Å². The lowest BCUT2D eigenvalue weighted by atomic mass is 9.87. The van der Waals surface area contributed by atoms with Crippen LogP contribution in [0.4, 0.5) is 11.4 Å². The van der Waals surface area contributed by atoms with Gasteiger partial charge in [-0.1, -0.05) is 39.0 Å². The normalized spacial score (nSPS) is 18.7. The van der Waals surface area contributed by atoms with Gasteiger partial charge >= 0.3 is 0 Å². The fraction of sp³-hybridized carbons (Fsp3) is 0.391. The van der Waals surface area contributed by atoms with E-state index >= 15 is 0 Å². The Kier molecular flexibility index (Phi) is 5.09. The van der Waals surface area contributed by atoms with Crippen LogP contribution in [0.5, 0.6) is 0 Å². The maximum atomic E-state index is 12.4. The predicted octanol–water partition coefficient (Wildman–Crippen LogP) is 4.81. The molecule has 2 amide bonds. The second-order valence-electron chi connectivity index (χ2n) is 8.55. The maximum Gasteiger partial charge on any atom is 0.228 e. The zero-order valence-corrected chi connectivity index (χ0v) is 16.7. The first-order valence-electron chi connectivity index (χ1n) is 9.44. The Morgan fingerprint density at radius 3 is 1.85 bits per heavy atom. The highest BCUT2D eigenvalue weighted by Gasteiger charge is 2.48. The smallest absolute Gasteiger partial charge is 0.228 e. The molecule has 0 heterocycles. The Morgan fingerprint density at radius 2 is 1.33 bits per heavy atom. The number of benzene rings is 2. The van der Waals surface area contributed by atoms with Gasteiger partial charge in [0.05, 0.1) is 11.8 Å². The molecule has 3 rings (SSSR count). The summed E-state index contributed by atoms with van der Waals surface area (Å²) in [5, 5.41) is 5.85. The molecule has 142 valence electrons. The first-order chi connectivity index (χ1) is 12.6. The predicted molar refractivity (Wildman–Crippen MR) is 110 cm³/mol. The zero-order valence-electron chi connectivity index (χ0n) is 16.7. The SMILES string of the molecule is Cc1ccc(NC(=O)C2CC2C(=O)Nc2ccc(C(C)(C)C)cc2)cc1C. The van der Waals surface area contributed by atoms with Gasteiger partial charge in [-0.05, 0) is 66.6 Å². The highest BCUT2D eigenvalue weighted by molar-refractivity contribution is 6.03. The van der Waals surface area contributed by atoms with Gasteiger partial charge in [-0.2, -0.15) is 0 Å². The molecule has 1 aliphatic carbocycles. The van der Waals surface area contributed by atoms with E-state index in [1.54, 1.807) is 0 Å². The average Bonchev–Trinajstić information content (AvgIpc) is 3.39. The quantitative estimate of drug-likeness (QED) is 0.817. The summed E-state index contributed by atoms with van der Waals surface area (Å²) in [5.41, 5.74) is 5.18. The van der Waals surface area contributed by atoms with Gasteiger partial charge in [-0.3, -0.25) is 9.59 Å². The molecule has 2 atom stereocenters. The minimum atomic E-state index is -0.251. The van der Waals surface area contributed by atoms with E-state index in [0.717, 1.165) is 16.9 Å². The number of hydrogen-bond acceptors (Lipinski definition) is 2. The van der Waals surface area contributed by atoms with Crippen molar-refractivity contribution >= 4 is 23.2 Å². The summed E-state index contributed by atoms with van der Waals surface area (Å²) in [5.74, 6) is -0.667. The minimum Gasteiger partial charge on any atom is -0.326 e. The van der Waals surface area contributed by atoms with Gasteiger partial charge in [0, 0.05) is 11.4 Å². The number of carbonyl (C=O) groups excluding carboxylic acids is 2. The molecule has 2 N–H and O–H groups in total. The fourth-order valence-corrected chi connectivity index (χ4v) is 3.12. The number of rotatable bonds is 4. The van der Waals surface area contributed by atoms with Crippen molar-refractivity contribution in [2.45, 2.75) is 46.5 Å². The number of aryl methyl sites for hydroxylation is 2. The van der Waals surface area contributed by atoms with E-state index in [4.69, 9.17) is 0 Å². The van der Waals surface area contributed by atoms with Crippen molar-refractivity contribution < 1.29 is 9.59 Å². The monoisotopic (exact) mass is 364 g/mol. The molecule has 1 aliphatic rings. The summed E-state index contributed by atoms with van der Waals surface area (Å²) in [7, 11) is 0. The molecule has 0 radical (unpaired) electrons. The summed E-state index contributed by atoms with van der Waals surface area (Å²) in [6.07, 6.45) is 0.600. The molecule has 4 nitrogen and oxygen atoms in total. The summed E-state index contributed by atoms with van der Waals surface area (Å²) >= 11 is 0. The number of anilines is 2. The van der Waals surface area contributed by atoms with Crippen molar-refractivity contribution in [3.05, 3.63) is 59.2 Å². The molecule has 2 unspecified atom stereocenters. The van der Waals surface area contributed by atoms with Crippen molar-refractivity contribution in [1.29, 1.82) is 0 Å². The van der Waals surface area contributed by atoms with Crippen molar-refractivity contribution in [2.24, 2.45) is 11.8 Å². The van der Waals surface area contributed by atoms with E-state index in [9.17, 15) is 9.59 Å². The lowest BCUT2D eigenvalue weighted by molar-refractivity contribution is -0.122. The third kappa shape index (κ3) is 4.57. The Morgan fingerprint density at radius 1 is 0.815 bits per heavy atom. The molecule has 2 aromatic carbocycles. The van der Waals surface area contributed by atoms with Crippen LogP contribution < -0.4 is 10.6 Å². The average molecular weight is 364 g/mol. The number of hydrogen-bond donors (Lipinski definition) is 2. The first kappa shape index (κ1) is 19.2. The van der Waals surface area contributed by atoms with E-state index in [-0.39, 0.29) is 29.1 Å². The van der Waals surface area contributed by atoms with E-state index in [0.29, 0.717) is 6.42 Å². The van der Waals surface area contributed by atoms with Crippen LogP contribution in [0.1, 0.15) is 43.9 Å². The van der Waals surface area contributed by atoms with Crippen LogP contribution in [0.25, 0.3) is 0 Å². The summed E-state index contributed by atoms with van der Waals surface area (Å²) in [6, 6.07) is 13.8. The molecule has 27 heavy (non-hydrogen) atoms. The maximum absolute atomic E-state index is 12.4. The van der Waals surface area contributed by atoms with Crippen LogP contribution in [0.2, 0.25) is 0 Å². The Hall–Kier alpha value is -2.62. The third-order valence-corrected chi connectivity index (χ3v) is 5.26. The molecule has 2 aromatic rings.